The summed E-state index contributed by atoms with van der Waals surface area (Å²) in [7, 11) is -3.75. The highest BCUT2D eigenvalue weighted by Gasteiger charge is 2.23. The molecule has 164 valence electrons. The van der Waals surface area contributed by atoms with Crippen LogP contribution >= 0.6 is 23.2 Å². The fourth-order valence-electron chi connectivity index (χ4n) is 2.81. The Morgan fingerprint density at radius 3 is 2.43 bits per heavy atom. The van der Waals surface area contributed by atoms with E-state index in [4.69, 9.17) is 27.9 Å². The molecule has 30 heavy (non-hydrogen) atoms. The van der Waals surface area contributed by atoms with Crippen LogP contribution in [0.2, 0.25) is 10.0 Å². The van der Waals surface area contributed by atoms with Crippen molar-refractivity contribution < 1.29 is 17.9 Å². The Labute approximate surface area is 188 Å². The normalized spacial score (nSPS) is 11.8. The Morgan fingerprint density at radius 2 is 1.80 bits per heavy atom. The number of ether oxygens (including phenoxy) is 1. The third-order valence-corrected chi connectivity index (χ3v) is 5.92. The van der Waals surface area contributed by atoms with Gasteiger partial charge in [-0.05, 0) is 35.2 Å². The average Bonchev–Trinajstić information content (AvgIpc) is 2.64. The van der Waals surface area contributed by atoms with Gasteiger partial charge in [0.1, 0.15) is 18.9 Å². The number of para-hydroxylation sites is 1. The number of anilines is 1. The predicted molar refractivity (Wildman–Crippen MR) is 122 cm³/mol. The van der Waals surface area contributed by atoms with Crippen molar-refractivity contribution in [2.24, 2.45) is 0 Å². The molecule has 0 heterocycles. The second-order valence-corrected chi connectivity index (χ2v) is 10.6. The van der Waals surface area contributed by atoms with Crippen LogP contribution in [0, 0.1) is 0 Å². The van der Waals surface area contributed by atoms with E-state index in [2.05, 4.69) is 26.1 Å². The lowest BCUT2D eigenvalue weighted by Crippen LogP contribution is -2.41. The first-order chi connectivity index (χ1) is 13.9. The zero-order valence-electron chi connectivity index (χ0n) is 17.4. The first-order valence-corrected chi connectivity index (χ1v) is 11.9. The van der Waals surface area contributed by atoms with E-state index in [-0.39, 0.29) is 29.3 Å². The van der Waals surface area contributed by atoms with Gasteiger partial charge in [-0.15, -0.1) is 0 Å². The summed E-state index contributed by atoms with van der Waals surface area (Å²) in [6, 6.07) is 12.2. The van der Waals surface area contributed by atoms with E-state index in [1.54, 1.807) is 6.07 Å². The predicted octanol–water partition coefficient (Wildman–Crippen LogP) is 4.25. The van der Waals surface area contributed by atoms with Gasteiger partial charge in [0.2, 0.25) is 15.9 Å². The van der Waals surface area contributed by atoms with Crippen molar-refractivity contribution in [2.75, 3.05) is 30.3 Å². The number of nitrogens with zero attached hydrogens (tertiary/aromatic N) is 1. The van der Waals surface area contributed by atoms with Gasteiger partial charge >= 0.3 is 0 Å². The van der Waals surface area contributed by atoms with Gasteiger partial charge in [0.05, 0.1) is 23.5 Å². The molecule has 2 rings (SSSR count). The molecule has 2 aromatic rings. The smallest absolute Gasteiger partial charge is 0.240 e. The molecule has 0 bridgehead atoms. The molecule has 0 aromatic heterocycles. The van der Waals surface area contributed by atoms with Gasteiger partial charge < -0.3 is 10.1 Å². The summed E-state index contributed by atoms with van der Waals surface area (Å²) in [6.45, 7) is 6.33. The van der Waals surface area contributed by atoms with Gasteiger partial charge in [0, 0.05) is 5.02 Å². The number of carbonyl (C=O) groups is 1. The second kappa shape index (κ2) is 9.90. The topological polar surface area (TPSA) is 75.7 Å². The Balaban J connectivity index is 1.99. The van der Waals surface area contributed by atoms with Crippen molar-refractivity contribution in [3.05, 3.63) is 58.1 Å². The molecule has 0 fully saturated rings. The maximum atomic E-state index is 12.4. The number of carbonyl (C=O) groups excluding carboxylic acids is 1. The summed E-state index contributed by atoms with van der Waals surface area (Å²) >= 11 is 12.1. The van der Waals surface area contributed by atoms with Gasteiger partial charge in [-0.3, -0.25) is 9.10 Å². The Morgan fingerprint density at radius 1 is 1.13 bits per heavy atom. The van der Waals surface area contributed by atoms with Crippen LogP contribution in [0.4, 0.5) is 5.69 Å². The molecule has 0 spiro atoms. The summed E-state index contributed by atoms with van der Waals surface area (Å²) in [6.07, 6.45) is 1.00. The number of hydrogen-bond acceptors (Lipinski definition) is 4. The number of hydrogen-bond donors (Lipinski definition) is 1. The average molecular weight is 473 g/mol. The number of halogens is 2. The first kappa shape index (κ1) is 24.3. The number of amides is 1. The summed E-state index contributed by atoms with van der Waals surface area (Å²) in [5.74, 6) is 0.270. The summed E-state index contributed by atoms with van der Waals surface area (Å²) in [5.41, 5.74) is 1.14. The zero-order valence-corrected chi connectivity index (χ0v) is 19.7. The van der Waals surface area contributed by atoms with Gasteiger partial charge in [-0.2, -0.15) is 0 Å². The molecule has 0 aliphatic rings. The molecule has 1 N–H and O–H groups in total. The van der Waals surface area contributed by atoms with E-state index in [1.165, 1.54) is 12.1 Å². The number of sulfonamides is 1. The van der Waals surface area contributed by atoms with Crippen LogP contribution in [-0.2, 0) is 20.2 Å². The van der Waals surface area contributed by atoms with Crippen LogP contribution in [-0.4, -0.2) is 40.3 Å². The quantitative estimate of drug-likeness (QED) is 0.582. The maximum absolute atomic E-state index is 12.4. The zero-order chi connectivity index (χ0) is 22.5. The highest BCUT2D eigenvalue weighted by Crippen LogP contribution is 2.31. The van der Waals surface area contributed by atoms with Crippen molar-refractivity contribution in [3.63, 3.8) is 0 Å². The fraction of sp³-hybridized carbons (Fsp3) is 0.381. The molecule has 0 aliphatic heterocycles. The highest BCUT2D eigenvalue weighted by atomic mass is 35.5. The number of benzene rings is 2. The second-order valence-electron chi connectivity index (χ2n) is 7.81. The van der Waals surface area contributed by atoms with Crippen molar-refractivity contribution in [1.29, 1.82) is 0 Å². The molecule has 0 atom stereocenters. The SMILES string of the molecule is CC(C)(C)c1ccccc1OCCNC(=O)CN(c1cc(Cl)ccc1Cl)S(C)(=O)=O. The van der Waals surface area contributed by atoms with E-state index in [9.17, 15) is 13.2 Å². The van der Waals surface area contributed by atoms with Crippen LogP contribution in [0.15, 0.2) is 42.5 Å². The number of rotatable bonds is 8. The van der Waals surface area contributed by atoms with Crippen LogP contribution in [0.25, 0.3) is 0 Å². The molecule has 0 radical (unpaired) electrons. The minimum atomic E-state index is -3.75. The van der Waals surface area contributed by atoms with Gasteiger partial charge in [-0.25, -0.2) is 8.42 Å². The standard InChI is InChI=1S/C21H26Cl2N2O4S/c1-21(2,3)16-7-5-6-8-19(16)29-12-11-24-20(26)14-25(30(4,27)28)18-13-15(22)9-10-17(18)23/h5-10,13H,11-12,14H2,1-4H3,(H,24,26). The molecule has 1 amide bonds. The van der Waals surface area contributed by atoms with Crippen LogP contribution in [0.5, 0.6) is 5.75 Å². The Kier molecular flexibility index (Phi) is 8.02. The van der Waals surface area contributed by atoms with Crippen molar-refractivity contribution in [2.45, 2.75) is 26.2 Å². The third kappa shape index (κ3) is 6.79. The third-order valence-electron chi connectivity index (χ3n) is 4.24. The molecule has 0 unspecified atom stereocenters. The lowest BCUT2D eigenvalue weighted by molar-refractivity contribution is -0.119. The summed E-state index contributed by atoms with van der Waals surface area (Å²) in [4.78, 5) is 12.4. The van der Waals surface area contributed by atoms with Crippen molar-refractivity contribution in [3.8, 4) is 5.75 Å². The van der Waals surface area contributed by atoms with E-state index in [0.717, 1.165) is 21.9 Å². The van der Waals surface area contributed by atoms with E-state index in [0.29, 0.717) is 5.02 Å². The van der Waals surface area contributed by atoms with Gasteiger partial charge in [-0.1, -0.05) is 62.2 Å². The van der Waals surface area contributed by atoms with Crippen LogP contribution in [0.1, 0.15) is 26.3 Å². The molecule has 9 heteroatoms. The molecular weight excluding hydrogens is 447 g/mol. The van der Waals surface area contributed by atoms with Crippen LogP contribution in [0.3, 0.4) is 0 Å². The Hall–Kier alpha value is -1.96. The van der Waals surface area contributed by atoms with E-state index in [1.807, 2.05) is 24.3 Å². The first-order valence-electron chi connectivity index (χ1n) is 9.31. The summed E-state index contributed by atoms with van der Waals surface area (Å²) in [5, 5.41) is 3.17. The van der Waals surface area contributed by atoms with E-state index >= 15 is 0 Å². The lowest BCUT2D eigenvalue weighted by Gasteiger charge is -2.24. The molecule has 0 aliphatic carbocycles. The molecule has 6 nitrogen and oxygen atoms in total. The Bertz CT molecular complexity index is 1000. The lowest BCUT2D eigenvalue weighted by atomic mass is 9.86. The monoisotopic (exact) mass is 472 g/mol. The highest BCUT2D eigenvalue weighted by molar-refractivity contribution is 7.92. The molecular formula is C21H26Cl2N2O4S. The van der Waals surface area contributed by atoms with Crippen molar-refractivity contribution >= 4 is 44.8 Å². The fourth-order valence-corrected chi connectivity index (χ4v) is 4.10. The largest absolute Gasteiger partial charge is 0.491 e. The molecule has 2 aromatic carbocycles. The number of nitrogens with one attached hydrogen (secondary N) is 1. The van der Waals surface area contributed by atoms with Gasteiger partial charge in [0.15, 0.2) is 0 Å². The maximum Gasteiger partial charge on any atom is 0.240 e. The van der Waals surface area contributed by atoms with Crippen LogP contribution < -0.4 is 14.4 Å². The summed E-state index contributed by atoms with van der Waals surface area (Å²) < 4.78 is 31.1. The van der Waals surface area contributed by atoms with E-state index < -0.39 is 22.5 Å². The van der Waals surface area contributed by atoms with Gasteiger partial charge in [0.25, 0.3) is 0 Å². The van der Waals surface area contributed by atoms with Crippen molar-refractivity contribution in [1.82, 2.24) is 5.32 Å². The molecule has 0 saturated carbocycles. The minimum Gasteiger partial charge on any atom is -0.491 e. The minimum absolute atomic E-state index is 0.0773. The molecule has 0 saturated heterocycles.